The SMILES string of the molecule is Cc1cc(CNC(CO)CO)c(O)c(CN2CCCCN(Cc3cc(C)cc(CNC(CO)CO)c3O)Cc3cccc(n3)CC2)c1. The van der Waals surface area contributed by atoms with Gasteiger partial charge in [-0.2, -0.15) is 0 Å². The Bertz CT molecular complexity index is 1410. The number of pyridine rings is 1. The van der Waals surface area contributed by atoms with Gasteiger partial charge in [0.2, 0.25) is 0 Å². The molecule has 1 aromatic heterocycles. The van der Waals surface area contributed by atoms with Crippen LogP contribution in [0.1, 0.15) is 57.6 Å². The second-order valence-electron chi connectivity index (χ2n) is 12.8. The molecule has 11 nitrogen and oxygen atoms in total. The number of aryl methyl sites for hydroxylation is 2. The number of aliphatic hydroxyl groups is 4. The summed E-state index contributed by atoms with van der Waals surface area (Å²) in [7, 11) is 0. The molecule has 2 aromatic carbocycles. The van der Waals surface area contributed by atoms with Crippen LogP contribution >= 0.6 is 0 Å². The zero-order chi connectivity index (χ0) is 33.8. The molecule has 0 amide bonds. The molecule has 0 atom stereocenters. The Kier molecular flexibility index (Phi) is 14.4. The Balaban J connectivity index is 1.48. The zero-order valence-corrected chi connectivity index (χ0v) is 27.8. The van der Waals surface area contributed by atoms with Gasteiger partial charge in [-0.1, -0.05) is 41.5 Å². The van der Waals surface area contributed by atoms with Crippen LogP contribution in [0.2, 0.25) is 0 Å². The van der Waals surface area contributed by atoms with Gasteiger partial charge in [0.15, 0.2) is 0 Å². The van der Waals surface area contributed by atoms with E-state index in [-0.39, 0.29) is 37.9 Å². The van der Waals surface area contributed by atoms with Gasteiger partial charge in [0.25, 0.3) is 0 Å². The number of nitrogens with zero attached hydrogens (tertiary/aromatic N) is 3. The van der Waals surface area contributed by atoms with E-state index in [4.69, 9.17) is 4.98 Å². The average Bonchev–Trinajstić information content (AvgIpc) is 3.06. The fourth-order valence-electron chi connectivity index (χ4n) is 6.16. The van der Waals surface area contributed by atoms with Crippen LogP contribution in [-0.2, 0) is 39.1 Å². The van der Waals surface area contributed by atoms with Crippen molar-refractivity contribution in [1.82, 2.24) is 25.4 Å². The summed E-state index contributed by atoms with van der Waals surface area (Å²) in [6, 6.07) is 13.2. The third-order valence-electron chi connectivity index (χ3n) is 8.79. The molecular weight excluding hydrogens is 598 g/mol. The van der Waals surface area contributed by atoms with E-state index in [0.717, 1.165) is 83.7 Å². The first-order valence-electron chi connectivity index (χ1n) is 16.6. The highest BCUT2D eigenvalue weighted by molar-refractivity contribution is 5.44. The number of hydrogen-bond acceptors (Lipinski definition) is 11. The number of hydrogen-bond donors (Lipinski definition) is 8. The molecule has 258 valence electrons. The normalized spacial score (nSPS) is 15.2. The van der Waals surface area contributed by atoms with Crippen LogP contribution in [0.15, 0.2) is 42.5 Å². The van der Waals surface area contributed by atoms with Gasteiger partial charge in [-0.3, -0.25) is 14.8 Å². The monoisotopic (exact) mass is 651 g/mol. The highest BCUT2D eigenvalue weighted by Crippen LogP contribution is 2.28. The van der Waals surface area contributed by atoms with E-state index < -0.39 is 12.1 Å². The predicted molar refractivity (Wildman–Crippen MR) is 182 cm³/mol. The summed E-state index contributed by atoms with van der Waals surface area (Å²) in [5, 5.41) is 66.3. The first-order valence-corrected chi connectivity index (χ1v) is 16.6. The standard InChI is InChI=1S/C36H53N5O6/c1-25-12-27(16-37-33(21-42)22-43)35(46)29(14-25)18-40-9-3-4-10-41(20-32-7-5-6-31(39-32)8-11-40)19-30-15-26(2)13-28(36(30)47)17-38-34(23-44)24-45/h5-7,12-15,33-34,37-38,42-47H,3-4,8-11,16-24H2,1-2H3. The molecule has 0 fully saturated rings. The van der Waals surface area contributed by atoms with Crippen LogP contribution in [0, 0.1) is 13.8 Å². The number of rotatable bonds is 14. The van der Waals surface area contributed by atoms with Gasteiger partial charge in [0, 0.05) is 73.6 Å². The fraction of sp³-hybridized carbons (Fsp3) is 0.528. The largest absolute Gasteiger partial charge is 0.507 e. The number of aliphatic hydroxyl groups excluding tert-OH is 4. The first kappa shape index (κ1) is 36.7. The van der Waals surface area contributed by atoms with E-state index in [0.29, 0.717) is 32.7 Å². The molecule has 0 spiro atoms. The molecule has 4 rings (SSSR count). The minimum Gasteiger partial charge on any atom is -0.507 e. The Morgan fingerprint density at radius 3 is 1.66 bits per heavy atom. The van der Waals surface area contributed by atoms with E-state index in [9.17, 15) is 30.6 Å². The lowest BCUT2D eigenvalue weighted by Gasteiger charge is -2.27. The lowest BCUT2D eigenvalue weighted by Crippen LogP contribution is -2.35. The molecule has 47 heavy (non-hydrogen) atoms. The molecule has 0 aliphatic carbocycles. The molecule has 2 bridgehead atoms. The van der Waals surface area contributed by atoms with Crippen molar-refractivity contribution in [2.45, 2.75) is 77.9 Å². The van der Waals surface area contributed by atoms with Gasteiger partial charge >= 0.3 is 0 Å². The van der Waals surface area contributed by atoms with Crippen molar-refractivity contribution in [3.05, 3.63) is 87.2 Å². The van der Waals surface area contributed by atoms with Crippen LogP contribution < -0.4 is 10.6 Å². The summed E-state index contributed by atoms with van der Waals surface area (Å²) in [6.45, 7) is 8.26. The molecule has 0 radical (unpaired) electrons. The van der Waals surface area contributed by atoms with Crippen LogP contribution in [0.4, 0.5) is 0 Å². The average molecular weight is 652 g/mol. The Labute approximate surface area is 278 Å². The Hall–Kier alpha value is -3.13. The van der Waals surface area contributed by atoms with Crippen molar-refractivity contribution in [2.24, 2.45) is 0 Å². The smallest absolute Gasteiger partial charge is 0.124 e. The molecular formula is C36H53N5O6. The first-order chi connectivity index (χ1) is 22.7. The zero-order valence-electron chi connectivity index (χ0n) is 27.8. The quantitative estimate of drug-likeness (QED) is 0.128. The molecule has 0 saturated carbocycles. The summed E-state index contributed by atoms with van der Waals surface area (Å²) >= 11 is 0. The van der Waals surface area contributed by atoms with Crippen LogP contribution in [0.3, 0.4) is 0 Å². The summed E-state index contributed by atoms with van der Waals surface area (Å²) in [6.07, 6.45) is 2.69. The fourth-order valence-corrected chi connectivity index (χ4v) is 6.16. The second kappa shape index (κ2) is 18.4. The van der Waals surface area contributed by atoms with Gasteiger partial charge in [0.05, 0.1) is 44.2 Å². The number of fused-ring (bicyclic) bond motifs is 2. The van der Waals surface area contributed by atoms with Gasteiger partial charge in [0.1, 0.15) is 11.5 Å². The maximum Gasteiger partial charge on any atom is 0.124 e. The maximum atomic E-state index is 11.2. The van der Waals surface area contributed by atoms with E-state index in [2.05, 4.69) is 32.6 Å². The van der Waals surface area contributed by atoms with Gasteiger partial charge < -0.3 is 41.3 Å². The topological polar surface area (TPSA) is 165 Å². The molecule has 3 aromatic rings. The third kappa shape index (κ3) is 10.9. The van der Waals surface area contributed by atoms with Crippen LogP contribution in [-0.4, -0.2) is 104 Å². The van der Waals surface area contributed by atoms with Crippen molar-refractivity contribution in [3.63, 3.8) is 0 Å². The predicted octanol–water partition coefficient (Wildman–Crippen LogP) is 1.84. The molecule has 0 saturated heterocycles. The highest BCUT2D eigenvalue weighted by atomic mass is 16.3. The van der Waals surface area contributed by atoms with Crippen molar-refractivity contribution >= 4 is 0 Å². The van der Waals surface area contributed by atoms with Gasteiger partial charge in [-0.15, -0.1) is 0 Å². The molecule has 0 unspecified atom stereocenters. The number of aromatic nitrogens is 1. The van der Waals surface area contributed by atoms with Crippen molar-refractivity contribution in [1.29, 1.82) is 0 Å². The van der Waals surface area contributed by atoms with E-state index in [1.165, 1.54) is 0 Å². The van der Waals surface area contributed by atoms with Crippen molar-refractivity contribution in [3.8, 4) is 11.5 Å². The minimum absolute atomic E-state index is 0.182. The molecule has 8 N–H and O–H groups in total. The van der Waals surface area contributed by atoms with E-state index >= 15 is 0 Å². The highest BCUT2D eigenvalue weighted by Gasteiger charge is 2.18. The summed E-state index contributed by atoms with van der Waals surface area (Å²) in [4.78, 5) is 9.67. The van der Waals surface area contributed by atoms with E-state index in [1.54, 1.807) is 0 Å². The van der Waals surface area contributed by atoms with Gasteiger partial charge in [-0.05, 0) is 51.9 Å². The third-order valence-corrected chi connectivity index (χ3v) is 8.79. The number of phenolic OH excluding ortho intramolecular Hbond substituents is 2. The Morgan fingerprint density at radius 2 is 1.13 bits per heavy atom. The maximum absolute atomic E-state index is 11.2. The summed E-state index contributed by atoms with van der Waals surface area (Å²) < 4.78 is 0. The molecule has 1 aliphatic heterocycles. The van der Waals surface area contributed by atoms with Crippen LogP contribution in [0.25, 0.3) is 0 Å². The van der Waals surface area contributed by atoms with Gasteiger partial charge in [-0.25, -0.2) is 0 Å². The molecule has 1 aliphatic rings. The summed E-state index contributed by atoms with van der Waals surface area (Å²) in [5.41, 5.74) is 7.23. The summed E-state index contributed by atoms with van der Waals surface area (Å²) in [5.74, 6) is 0.471. The number of nitrogens with one attached hydrogen (secondary N) is 2. The number of benzene rings is 2. The number of aromatic hydroxyl groups is 2. The molecule has 2 heterocycles. The lowest BCUT2D eigenvalue weighted by molar-refractivity contribution is 0.169. The lowest BCUT2D eigenvalue weighted by atomic mass is 10.0. The van der Waals surface area contributed by atoms with Crippen LogP contribution in [0.5, 0.6) is 11.5 Å². The van der Waals surface area contributed by atoms with E-state index in [1.807, 2.05) is 44.2 Å². The van der Waals surface area contributed by atoms with Crippen molar-refractivity contribution < 1.29 is 30.6 Å². The van der Waals surface area contributed by atoms with Crippen molar-refractivity contribution in [2.75, 3.05) is 46.1 Å². The second-order valence-corrected chi connectivity index (χ2v) is 12.8. The minimum atomic E-state index is -0.447. The Morgan fingerprint density at radius 1 is 0.660 bits per heavy atom. The molecule has 11 heteroatoms. The number of phenols is 2.